The molecule has 23 heavy (non-hydrogen) atoms. The average molecular weight is 319 g/mol. The zero-order chi connectivity index (χ0) is 16.5. The number of β-amino-alcohol motifs (C(OH)–C–C–N with tert-alkyl or cyclic N) is 1. The van der Waals surface area contributed by atoms with Crippen molar-refractivity contribution in [1.29, 1.82) is 0 Å². The van der Waals surface area contributed by atoms with Crippen molar-refractivity contribution in [3.63, 3.8) is 0 Å². The number of hydrogen-bond acceptors (Lipinski definition) is 5. The van der Waals surface area contributed by atoms with Gasteiger partial charge in [-0.3, -0.25) is 4.79 Å². The summed E-state index contributed by atoms with van der Waals surface area (Å²) in [6.45, 7) is 2.85. The Morgan fingerprint density at radius 1 is 1.39 bits per heavy atom. The van der Waals surface area contributed by atoms with E-state index in [-0.39, 0.29) is 12.1 Å². The first kappa shape index (κ1) is 16.3. The van der Waals surface area contributed by atoms with Crippen molar-refractivity contribution >= 4 is 5.97 Å². The summed E-state index contributed by atoms with van der Waals surface area (Å²) in [6, 6.07) is 7.93. The molecule has 1 heterocycles. The second-order valence-electron chi connectivity index (χ2n) is 6.75. The van der Waals surface area contributed by atoms with E-state index in [4.69, 9.17) is 9.47 Å². The van der Waals surface area contributed by atoms with Crippen LogP contribution in [-0.2, 0) is 14.9 Å². The average Bonchev–Trinajstić information content (AvgIpc) is 2.54. The van der Waals surface area contributed by atoms with Crippen LogP contribution < -0.4 is 10.1 Å². The van der Waals surface area contributed by atoms with Gasteiger partial charge in [0.2, 0.25) is 0 Å². The Labute approximate surface area is 137 Å². The number of rotatable bonds is 3. The van der Waals surface area contributed by atoms with Gasteiger partial charge in [-0.25, -0.2) is 0 Å². The van der Waals surface area contributed by atoms with Crippen LogP contribution in [0.4, 0.5) is 0 Å². The Balaban J connectivity index is 2.01. The minimum Gasteiger partial charge on any atom is -0.497 e. The molecule has 5 nitrogen and oxygen atoms in total. The number of methoxy groups -OCH3 is 1. The molecular weight excluding hydrogens is 294 g/mol. The molecule has 5 heteroatoms. The maximum absolute atomic E-state index is 11.4. The molecule has 0 aromatic heterocycles. The molecule has 1 aliphatic heterocycles. The number of ether oxygens (including phenoxy) is 2. The number of carbonyl (C=O) groups is 1. The number of fused-ring (bicyclic) bond motifs is 1. The normalized spacial score (nSPS) is 33.6. The quantitative estimate of drug-likeness (QED) is 0.831. The van der Waals surface area contributed by atoms with Crippen LogP contribution in [0.2, 0.25) is 0 Å². The van der Waals surface area contributed by atoms with Crippen molar-refractivity contribution in [3.05, 3.63) is 29.8 Å². The second-order valence-corrected chi connectivity index (χ2v) is 6.75. The number of nitrogens with one attached hydrogen (secondary N) is 1. The number of carbonyl (C=O) groups excluding carboxylic acids is 1. The first-order chi connectivity index (χ1) is 11.0. The van der Waals surface area contributed by atoms with Gasteiger partial charge in [-0.05, 0) is 49.9 Å². The monoisotopic (exact) mass is 319 g/mol. The molecule has 0 radical (unpaired) electrons. The van der Waals surface area contributed by atoms with E-state index in [1.165, 1.54) is 6.92 Å². The summed E-state index contributed by atoms with van der Waals surface area (Å²) in [7, 11) is 1.65. The van der Waals surface area contributed by atoms with Crippen molar-refractivity contribution in [2.45, 2.75) is 49.7 Å². The highest BCUT2D eigenvalue weighted by atomic mass is 16.5. The van der Waals surface area contributed by atoms with E-state index in [9.17, 15) is 9.90 Å². The summed E-state index contributed by atoms with van der Waals surface area (Å²) in [5, 5.41) is 14.7. The largest absolute Gasteiger partial charge is 0.497 e. The molecule has 1 aromatic rings. The molecule has 1 aromatic carbocycles. The molecular formula is C18H25NO4. The molecule has 0 spiro atoms. The zero-order valence-electron chi connectivity index (χ0n) is 13.8. The number of piperidine rings is 1. The number of hydrogen-bond donors (Lipinski definition) is 2. The first-order valence-corrected chi connectivity index (χ1v) is 8.24. The number of esters is 1. The molecule has 3 atom stereocenters. The number of benzene rings is 1. The molecule has 2 fully saturated rings. The predicted molar refractivity (Wildman–Crippen MR) is 86.5 cm³/mol. The fraction of sp³-hybridized carbons (Fsp3) is 0.611. The molecule has 1 saturated heterocycles. The number of aliphatic hydroxyl groups is 1. The molecule has 2 N–H and O–H groups in total. The molecule has 0 bridgehead atoms. The Morgan fingerprint density at radius 2 is 2.22 bits per heavy atom. The predicted octanol–water partition coefficient (Wildman–Crippen LogP) is 1.77. The smallest absolute Gasteiger partial charge is 0.302 e. The topological polar surface area (TPSA) is 67.8 Å². The van der Waals surface area contributed by atoms with E-state index < -0.39 is 11.0 Å². The zero-order valence-corrected chi connectivity index (χ0v) is 13.8. The summed E-state index contributed by atoms with van der Waals surface area (Å²) in [5.74, 6) is 0.530. The highest BCUT2D eigenvalue weighted by Crippen LogP contribution is 2.51. The van der Waals surface area contributed by atoms with Crippen molar-refractivity contribution in [2.75, 3.05) is 20.2 Å². The highest BCUT2D eigenvalue weighted by Gasteiger charge is 2.56. The Kier molecular flexibility index (Phi) is 4.34. The molecule has 126 valence electrons. The van der Waals surface area contributed by atoms with Gasteiger partial charge in [0, 0.05) is 18.9 Å². The van der Waals surface area contributed by atoms with Crippen molar-refractivity contribution in [2.24, 2.45) is 0 Å². The van der Waals surface area contributed by atoms with Gasteiger partial charge in [-0.2, -0.15) is 0 Å². The lowest BCUT2D eigenvalue weighted by atomic mass is 9.56. The fourth-order valence-electron chi connectivity index (χ4n) is 4.30. The molecule has 2 aliphatic rings. The second kappa shape index (κ2) is 6.13. The third-order valence-electron chi connectivity index (χ3n) is 5.45. The lowest BCUT2D eigenvalue weighted by molar-refractivity contribution is -0.160. The SMILES string of the molecule is COc1cccc(C23CCNCC2(O)CCC(OC(C)=O)C3)c1. The summed E-state index contributed by atoms with van der Waals surface area (Å²) in [6.07, 6.45) is 2.64. The van der Waals surface area contributed by atoms with E-state index in [2.05, 4.69) is 11.4 Å². The summed E-state index contributed by atoms with van der Waals surface area (Å²) in [4.78, 5) is 11.4. The van der Waals surface area contributed by atoms with Gasteiger partial charge in [0.05, 0.1) is 12.7 Å². The van der Waals surface area contributed by atoms with Gasteiger partial charge in [0.25, 0.3) is 0 Å². The molecule has 3 rings (SSSR count). The van der Waals surface area contributed by atoms with E-state index in [0.717, 1.165) is 24.3 Å². The molecule has 0 amide bonds. The van der Waals surface area contributed by atoms with E-state index >= 15 is 0 Å². The van der Waals surface area contributed by atoms with Crippen molar-refractivity contribution in [3.8, 4) is 5.75 Å². The van der Waals surface area contributed by atoms with E-state index in [1.807, 2.05) is 18.2 Å². The van der Waals surface area contributed by atoms with Crippen LogP contribution in [0.25, 0.3) is 0 Å². The maximum Gasteiger partial charge on any atom is 0.302 e. The first-order valence-electron chi connectivity index (χ1n) is 8.24. The van der Waals surface area contributed by atoms with E-state index in [1.54, 1.807) is 7.11 Å². The van der Waals surface area contributed by atoms with E-state index in [0.29, 0.717) is 25.8 Å². The Hall–Kier alpha value is -1.59. The van der Waals surface area contributed by atoms with Gasteiger partial charge < -0.3 is 19.9 Å². The molecule has 1 saturated carbocycles. The fourth-order valence-corrected chi connectivity index (χ4v) is 4.30. The van der Waals surface area contributed by atoms with Gasteiger partial charge in [-0.1, -0.05) is 12.1 Å². The van der Waals surface area contributed by atoms with Crippen LogP contribution in [-0.4, -0.2) is 43.0 Å². The maximum atomic E-state index is 11.4. The summed E-state index contributed by atoms with van der Waals surface area (Å²) >= 11 is 0. The van der Waals surface area contributed by atoms with Gasteiger partial charge in [0.15, 0.2) is 0 Å². The van der Waals surface area contributed by atoms with Gasteiger partial charge >= 0.3 is 5.97 Å². The molecule has 3 unspecified atom stereocenters. The minimum absolute atomic E-state index is 0.142. The summed E-state index contributed by atoms with van der Waals surface area (Å²) < 4.78 is 10.9. The third-order valence-corrected chi connectivity index (χ3v) is 5.45. The standard InChI is InChI=1S/C18H25NO4/c1-13(20)23-16-6-7-18(21)12-19-9-8-17(18,11-16)14-4-3-5-15(10-14)22-2/h3-5,10,16,19,21H,6-9,11-12H2,1-2H3. The van der Waals surface area contributed by atoms with Crippen molar-refractivity contribution in [1.82, 2.24) is 5.32 Å². The Morgan fingerprint density at radius 3 is 2.96 bits per heavy atom. The lowest BCUT2D eigenvalue weighted by Gasteiger charge is -2.55. The minimum atomic E-state index is -0.825. The molecule has 1 aliphatic carbocycles. The van der Waals surface area contributed by atoms with Gasteiger partial charge in [-0.15, -0.1) is 0 Å². The van der Waals surface area contributed by atoms with Crippen LogP contribution >= 0.6 is 0 Å². The third kappa shape index (κ3) is 2.83. The highest BCUT2D eigenvalue weighted by molar-refractivity contribution is 5.66. The Bertz CT molecular complexity index is 590. The lowest BCUT2D eigenvalue weighted by Crippen LogP contribution is -2.65. The van der Waals surface area contributed by atoms with Crippen molar-refractivity contribution < 1.29 is 19.4 Å². The van der Waals surface area contributed by atoms with Crippen LogP contribution in [0.1, 0.15) is 38.2 Å². The van der Waals surface area contributed by atoms with Crippen LogP contribution in [0.3, 0.4) is 0 Å². The van der Waals surface area contributed by atoms with Crippen LogP contribution in [0, 0.1) is 0 Å². The van der Waals surface area contributed by atoms with Crippen LogP contribution in [0.5, 0.6) is 5.75 Å². The van der Waals surface area contributed by atoms with Crippen LogP contribution in [0.15, 0.2) is 24.3 Å². The van der Waals surface area contributed by atoms with Gasteiger partial charge in [0.1, 0.15) is 11.9 Å². The summed E-state index contributed by atoms with van der Waals surface area (Å²) in [5.41, 5.74) is -0.169.